The topological polar surface area (TPSA) is 78.9 Å². The van der Waals surface area contributed by atoms with Crippen LogP contribution in [0.2, 0.25) is 0 Å². The van der Waals surface area contributed by atoms with Gasteiger partial charge < -0.3 is 20.1 Å². The lowest BCUT2D eigenvalue weighted by Crippen LogP contribution is -2.28. The Kier molecular flexibility index (Phi) is 4.84. The van der Waals surface area contributed by atoms with E-state index in [2.05, 4.69) is 5.32 Å². The standard InChI is InChI=1S/C23H22N2O4/c1-14-9-10-21(29-2)19(11-14)25-13-15(12-22(25)27)23(28)24-18-7-3-6-17-16(18)5-4-8-20(17)26/h3-11,15,26H,12-13H2,1-2H3,(H,24,28). The van der Waals surface area contributed by atoms with Gasteiger partial charge in [-0.05, 0) is 36.8 Å². The third-order valence-corrected chi connectivity index (χ3v) is 5.28. The molecule has 1 atom stereocenters. The molecule has 2 N–H and O–H groups in total. The molecule has 6 nitrogen and oxygen atoms in total. The molecule has 3 aromatic carbocycles. The molecule has 1 heterocycles. The maximum atomic E-state index is 12.9. The first kappa shape index (κ1) is 18.8. The van der Waals surface area contributed by atoms with Crippen LogP contribution < -0.4 is 15.0 Å². The third kappa shape index (κ3) is 3.49. The van der Waals surface area contributed by atoms with Crippen molar-refractivity contribution < 1.29 is 19.4 Å². The van der Waals surface area contributed by atoms with E-state index in [9.17, 15) is 14.7 Å². The van der Waals surface area contributed by atoms with Gasteiger partial charge in [0.15, 0.2) is 0 Å². The van der Waals surface area contributed by atoms with E-state index in [1.165, 1.54) is 0 Å². The van der Waals surface area contributed by atoms with Crippen LogP contribution in [0.5, 0.6) is 11.5 Å². The molecule has 6 heteroatoms. The Morgan fingerprint density at radius 3 is 2.69 bits per heavy atom. The van der Waals surface area contributed by atoms with Crippen molar-refractivity contribution >= 4 is 34.0 Å². The first-order valence-corrected chi connectivity index (χ1v) is 9.44. The summed E-state index contributed by atoms with van der Waals surface area (Å²) in [5.74, 6) is -0.0323. The Hall–Kier alpha value is -3.54. The van der Waals surface area contributed by atoms with E-state index in [1.54, 1.807) is 42.3 Å². The molecule has 29 heavy (non-hydrogen) atoms. The Labute approximate surface area is 168 Å². The maximum absolute atomic E-state index is 12.9. The van der Waals surface area contributed by atoms with Gasteiger partial charge in [-0.2, -0.15) is 0 Å². The van der Waals surface area contributed by atoms with Crippen LogP contribution in [0.15, 0.2) is 54.6 Å². The predicted molar refractivity (Wildman–Crippen MR) is 112 cm³/mol. The Balaban J connectivity index is 1.57. The average molecular weight is 390 g/mol. The summed E-state index contributed by atoms with van der Waals surface area (Å²) in [6.45, 7) is 2.24. The number of hydrogen-bond acceptors (Lipinski definition) is 4. The van der Waals surface area contributed by atoms with Gasteiger partial charge >= 0.3 is 0 Å². The minimum absolute atomic E-state index is 0.107. The van der Waals surface area contributed by atoms with Gasteiger partial charge in [0.1, 0.15) is 11.5 Å². The number of benzene rings is 3. The van der Waals surface area contributed by atoms with E-state index in [1.807, 2.05) is 31.2 Å². The van der Waals surface area contributed by atoms with Crippen LogP contribution in [-0.4, -0.2) is 30.6 Å². The van der Waals surface area contributed by atoms with Crippen LogP contribution >= 0.6 is 0 Å². The van der Waals surface area contributed by atoms with Gasteiger partial charge in [0.05, 0.1) is 18.7 Å². The summed E-state index contributed by atoms with van der Waals surface area (Å²) < 4.78 is 5.39. The number of phenols is 1. The van der Waals surface area contributed by atoms with Gasteiger partial charge in [0, 0.05) is 29.4 Å². The number of fused-ring (bicyclic) bond motifs is 1. The highest BCUT2D eigenvalue weighted by Gasteiger charge is 2.36. The third-order valence-electron chi connectivity index (χ3n) is 5.28. The van der Waals surface area contributed by atoms with E-state index in [0.29, 0.717) is 29.1 Å². The molecule has 1 unspecified atom stereocenters. The number of anilines is 2. The number of carbonyl (C=O) groups is 2. The molecule has 148 valence electrons. The summed E-state index contributed by atoms with van der Waals surface area (Å²) >= 11 is 0. The molecule has 0 aromatic heterocycles. The second kappa shape index (κ2) is 7.47. The van der Waals surface area contributed by atoms with Crippen LogP contribution in [0, 0.1) is 12.8 Å². The molecule has 1 fully saturated rings. The van der Waals surface area contributed by atoms with Crippen molar-refractivity contribution in [3.05, 3.63) is 60.2 Å². The summed E-state index contributed by atoms with van der Waals surface area (Å²) in [7, 11) is 1.56. The summed E-state index contributed by atoms with van der Waals surface area (Å²) in [5, 5.41) is 14.4. The number of rotatable bonds is 4. The second-order valence-electron chi connectivity index (χ2n) is 7.25. The molecule has 0 radical (unpaired) electrons. The van der Waals surface area contributed by atoms with Gasteiger partial charge in [0.2, 0.25) is 11.8 Å². The number of nitrogens with zero attached hydrogens (tertiary/aromatic N) is 1. The number of hydrogen-bond donors (Lipinski definition) is 2. The maximum Gasteiger partial charge on any atom is 0.229 e. The van der Waals surface area contributed by atoms with E-state index in [-0.39, 0.29) is 24.0 Å². The zero-order chi connectivity index (χ0) is 20.5. The van der Waals surface area contributed by atoms with E-state index in [4.69, 9.17) is 4.74 Å². The Morgan fingerprint density at radius 1 is 1.14 bits per heavy atom. The number of amides is 2. The number of carbonyl (C=O) groups excluding carboxylic acids is 2. The molecule has 0 spiro atoms. The van der Waals surface area contributed by atoms with Crippen LogP contribution in [0.3, 0.4) is 0 Å². The van der Waals surface area contributed by atoms with Crippen molar-refractivity contribution in [2.24, 2.45) is 5.92 Å². The fourth-order valence-electron chi connectivity index (χ4n) is 3.76. The zero-order valence-corrected chi connectivity index (χ0v) is 16.3. The highest BCUT2D eigenvalue weighted by molar-refractivity contribution is 6.08. The minimum Gasteiger partial charge on any atom is -0.507 e. The van der Waals surface area contributed by atoms with Crippen molar-refractivity contribution in [3.8, 4) is 11.5 Å². The number of methoxy groups -OCH3 is 1. The monoisotopic (exact) mass is 390 g/mol. The fraction of sp³-hybridized carbons (Fsp3) is 0.217. The predicted octanol–water partition coefficient (Wildman–Crippen LogP) is 3.85. The van der Waals surface area contributed by atoms with Crippen LogP contribution in [0.1, 0.15) is 12.0 Å². The molecule has 3 aromatic rings. The zero-order valence-electron chi connectivity index (χ0n) is 16.3. The van der Waals surface area contributed by atoms with Gasteiger partial charge in [0.25, 0.3) is 0 Å². The van der Waals surface area contributed by atoms with Crippen molar-refractivity contribution in [1.82, 2.24) is 0 Å². The minimum atomic E-state index is -0.472. The first-order chi connectivity index (χ1) is 14.0. The van der Waals surface area contributed by atoms with Gasteiger partial charge in [-0.25, -0.2) is 0 Å². The summed E-state index contributed by atoms with van der Waals surface area (Å²) in [6.07, 6.45) is 0.138. The molecular formula is C23H22N2O4. The molecular weight excluding hydrogens is 368 g/mol. The smallest absolute Gasteiger partial charge is 0.229 e. The van der Waals surface area contributed by atoms with Crippen molar-refractivity contribution in [1.29, 1.82) is 0 Å². The van der Waals surface area contributed by atoms with E-state index < -0.39 is 5.92 Å². The normalized spacial score (nSPS) is 16.3. The molecule has 4 rings (SSSR count). The highest BCUT2D eigenvalue weighted by Crippen LogP contribution is 2.35. The number of aryl methyl sites for hydroxylation is 1. The molecule has 0 bridgehead atoms. The number of aromatic hydroxyl groups is 1. The van der Waals surface area contributed by atoms with Gasteiger partial charge in [-0.3, -0.25) is 9.59 Å². The SMILES string of the molecule is COc1ccc(C)cc1N1CC(C(=O)Nc2cccc3c(O)cccc23)CC1=O. The number of phenolic OH excluding ortho intramolecular Hbond substituents is 1. The average Bonchev–Trinajstić information content (AvgIpc) is 3.10. The van der Waals surface area contributed by atoms with Gasteiger partial charge in [-0.1, -0.05) is 30.3 Å². The lowest BCUT2D eigenvalue weighted by molar-refractivity contribution is -0.122. The molecule has 1 aliphatic heterocycles. The van der Waals surface area contributed by atoms with Crippen molar-refractivity contribution in [2.45, 2.75) is 13.3 Å². The summed E-state index contributed by atoms with van der Waals surface area (Å²) in [6, 6.07) is 16.2. The second-order valence-corrected chi connectivity index (χ2v) is 7.25. The van der Waals surface area contributed by atoms with Gasteiger partial charge in [-0.15, -0.1) is 0 Å². The largest absolute Gasteiger partial charge is 0.507 e. The fourth-order valence-corrected chi connectivity index (χ4v) is 3.76. The Morgan fingerprint density at radius 2 is 1.90 bits per heavy atom. The van der Waals surface area contributed by atoms with Crippen molar-refractivity contribution in [2.75, 3.05) is 23.9 Å². The van der Waals surface area contributed by atoms with Crippen LogP contribution in [-0.2, 0) is 9.59 Å². The first-order valence-electron chi connectivity index (χ1n) is 9.44. The van der Waals surface area contributed by atoms with Crippen LogP contribution in [0.4, 0.5) is 11.4 Å². The molecule has 1 aliphatic rings. The molecule has 2 amide bonds. The lowest BCUT2D eigenvalue weighted by Gasteiger charge is -2.20. The van der Waals surface area contributed by atoms with Crippen molar-refractivity contribution in [3.63, 3.8) is 0 Å². The van der Waals surface area contributed by atoms with Crippen LogP contribution in [0.25, 0.3) is 10.8 Å². The summed E-state index contributed by atoms with van der Waals surface area (Å²) in [4.78, 5) is 27.2. The Bertz CT molecular complexity index is 1110. The highest BCUT2D eigenvalue weighted by atomic mass is 16.5. The molecule has 0 saturated carbocycles. The number of ether oxygens (including phenoxy) is 1. The van der Waals surface area contributed by atoms with E-state index in [0.717, 1.165) is 10.9 Å². The molecule has 0 aliphatic carbocycles. The quantitative estimate of drug-likeness (QED) is 0.709. The lowest BCUT2D eigenvalue weighted by atomic mass is 10.1. The van der Waals surface area contributed by atoms with E-state index >= 15 is 0 Å². The molecule has 1 saturated heterocycles. The summed E-state index contributed by atoms with van der Waals surface area (Å²) in [5.41, 5.74) is 2.31. The number of nitrogens with one attached hydrogen (secondary N) is 1.